The number of hydrogen-bond acceptors (Lipinski definition) is 5. The monoisotopic (exact) mass is 576 g/mol. The van der Waals surface area contributed by atoms with Crippen LogP contribution in [-0.4, -0.2) is 71.6 Å². The number of aliphatic hydroxyl groups excluding tert-OH is 1. The molecule has 4 rings (SSSR count). The Labute approximate surface area is 236 Å². The zero-order valence-corrected chi connectivity index (χ0v) is 23.2. The number of carbonyl (C=O) groups excluding carboxylic acids is 3. The van der Waals surface area contributed by atoms with E-state index < -0.39 is 29.9 Å². The number of urea groups is 1. The van der Waals surface area contributed by atoms with Crippen molar-refractivity contribution in [2.45, 2.75) is 51.4 Å². The maximum Gasteiger partial charge on any atom is 0.416 e. The van der Waals surface area contributed by atoms with Gasteiger partial charge in [-0.25, -0.2) is 4.79 Å². The number of rotatable bonds is 7. The number of aliphatic hydroxyl groups is 1. The molecule has 0 saturated heterocycles. The van der Waals surface area contributed by atoms with Gasteiger partial charge in [0, 0.05) is 42.4 Å². The number of benzene rings is 2. The molecule has 3 atom stereocenters. The Morgan fingerprint density at radius 1 is 1.12 bits per heavy atom. The Hall–Kier alpha value is -3.80. The van der Waals surface area contributed by atoms with Crippen LogP contribution in [0.5, 0.6) is 5.75 Å². The van der Waals surface area contributed by atoms with Gasteiger partial charge >= 0.3 is 12.2 Å². The minimum absolute atomic E-state index is 0.00347. The number of nitrogens with one attached hydrogen (secondary N) is 2. The Morgan fingerprint density at radius 2 is 1.78 bits per heavy atom. The average Bonchev–Trinajstić information content (AvgIpc) is 3.77. The van der Waals surface area contributed by atoms with E-state index in [1.165, 1.54) is 17.0 Å². The maximum atomic E-state index is 13.3. The third-order valence-electron chi connectivity index (χ3n) is 7.40. The number of carbonyl (C=O) groups is 3. The molecule has 4 amide bonds. The van der Waals surface area contributed by atoms with Crippen LogP contribution in [-0.2, 0) is 22.2 Å². The number of hydrogen-bond donors (Lipinski definition) is 3. The Bertz CT molecular complexity index is 1270. The average molecular weight is 577 g/mol. The summed E-state index contributed by atoms with van der Waals surface area (Å²) in [5, 5.41) is 15.3. The van der Waals surface area contributed by atoms with Crippen LogP contribution in [0.15, 0.2) is 42.5 Å². The third kappa shape index (κ3) is 7.69. The van der Waals surface area contributed by atoms with Gasteiger partial charge in [-0.3, -0.25) is 9.59 Å². The Kier molecular flexibility index (Phi) is 9.11. The first kappa shape index (κ1) is 30.2. The summed E-state index contributed by atoms with van der Waals surface area (Å²) in [4.78, 5) is 41.5. The first-order valence-electron chi connectivity index (χ1n) is 13.6. The molecule has 1 saturated carbocycles. The fourth-order valence-electron chi connectivity index (χ4n) is 4.63. The number of halogens is 3. The predicted octanol–water partition coefficient (Wildman–Crippen LogP) is 4.37. The second kappa shape index (κ2) is 12.4. The number of anilines is 2. The zero-order valence-electron chi connectivity index (χ0n) is 23.2. The fraction of sp³-hybridized carbons (Fsp3) is 0.483. The molecule has 0 aromatic heterocycles. The van der Waals surface area contributed by atoms with Crippen LogP contribution >= 0.6 is 0 Å². The van der Waals surface area contributed by atoms with E-state index >= 15 is 0 Å². The largest absolute Gasteiger partial charge is 0.488 e. The van der Waals surface area contributed by atoms with E-state index in [2.05, 4.69) is 10.6 Å². The maximum absolute atomic E-state index is 13.3. The number of likely N-dealkylation sites (N-methyl/N-ethyl adjacent to an activating group) is 1. The summed E-state index contributed by atoms with van der Waals surface area (Å²) >= 11 is 0. The smallest absolute Gasteiger partial charge is 0.416 e. The number of fused-ring (bicyclic) bond motifs is 1. The first-order chi connectivity index (χ1) is 19.3. The van der Waals surface area contributed by atoms with E-state index in [4.69, 9.17) is 4.74 Å². The summed E-state index contributed by atoms with van der Waals surface area (Å²) < 4.78 is 45.0. The predicted molar refractivity (Wildman–Crippen MR) is 146 cm³/mol. The molecule has 0 spiro atoms. The molecule has 3 N–H and O–H groups in total. The van der Waals surface area contributed by atoms with Gasteiger partial charge in [0.2, 0.25) is 11.8 Å². The van der Waals surface area contributed by atoms with Gasteiger partial charge in [0.15, 0.2) is 0 Å². The molecule has 2 aromatic rings. The molecule has 0 radical (unpaired) electrons. The lowest BCUT2D eigenvalue weighted by Gasteiger charge is -2.34. The summed E-state index contributed by atoms with van der Waals surface area (Å²) in [5.74, 6) is -0.0939. The van der Waals surface area contributed by atoms with E-state index in [9.17, 15) is 32.7 Å². The lowest BCUT2D eigenvalue weighted by Crippen LogP contribution is -2.48. The van der Waals surface area contributed by atoms with Gasteiger partial charge in [-0.2, -0.15) is 13.2 Å². The van der Waals surface area contributed by atoms with Crippen LogP contribution in [0.4, 0.5) is 29.3 Å². The number of amides is 4. The van der Waals surface area contributed by atoms with Crippen molar-refractivity contribution >= 4 is 29.2 Å². The van der Waals surface area contributed by atoms with Crippen molar-refractivity contribution in [3.8, 4) is 5.75 Å². The highest BCUT2D eigenvalue weighted by Gasteiger charge is 2.33. The van der Waals surface area contributed by atoms with Crippen LogP contribution in [0.1, 0.15) is 37.8 Å². The van der Waals surface area contributed by atoms with Crippen LogP contribution in [0.3, 0.4) is 0 Å². The molecule has 12 heteroatoms. The quantitative estimate of drug-likeness (QED) is 0.454. The van der Waals surface area contributed by atoms with Gasteiger partial charge in [0.25, 0.3) is 0 Å². The first-order valence-corrected chi connectivity index (χ1v) is 13.6. The standard InChI is InChI=1S/C29H35F3N4O5/c1-17-14-36(18(2)16-37)26(38)13-20-12-23(33-27(39)19-4-5-19)10-11-24(20)41-25(17)15-35(3)28(40)34-22-8-6-21(7-9-22)29(30,31)32/h6-12,17-19,25,37H,4-5,13-16H2,1-3H3,(H,33,39)(H,34,40)/t17-,18+,25+/m1/s1. The van der Waals surface area contributed by atoms with Crippen molar-refractivity contribution in [1.82, 2.24) is 9.80 Å². The molecular formula is C29H35F3N4O5. The van der Waals surface area contributed by atoms with Gasteiger partial charge in [-0.1, -0.05) is 6.92 Å². The van der Waals surface area contributed by atoms with Gasteiger partial charge in [-0.05, 0) is 62.2 Å². The van der Waals surface area contributed by atoms with E-state index in [0.717, 1.165) is 25.0 Å². The van der Waals surface area contributed by atoms with Crippen molar-refractivity contribution in [3.63, 3.8) is 0 Å². The van der Waals surface area contributed by atoms with Gasteiger partial charge in [0.1, 0.15) is 11.9 Å². The lowest BCUT2D eigenvalue weighted by atomic mass is 10.0. The number of alkyl halides is 3. The molecule has 1 aliphatic heterocycles. The van der Waals surface area contributed by atoms with Crippen molar-refractivity contribution in [2.75, 3.05) is 37.4 Å². The molecular weight excluding hydrogens is 541 g/mol. The molecule has 0 bridgehead atoms. The second-order valence-electron chi connectivity index (χ2n) is 10.9. The normalized spacial score (nSPS) is 20.1. The van der Waals surface area contributed by atoms with E-state index in [0.29, 0.717) is 17.0 Å². The van der Waals surface area contributed by atoms with E-state index in [-0.39, 0.29) is 55.5 Å². The minimum Gasteiger partial charge on any atom is -0.488 e. The van der Waals surface area contributed by atoms with Gasteiger partial charge in [-0.15, -0.1) is 0 Å². The molecule has 41 heavy (non-hydrogen) atoms. The highest BCUT2D eigenvalue weighted by molar-refractivity contribution is 5.94. The molecule has 2 aromatic carbocycles. The molecule has 1 heterocycles. The SMILES string of the molecule is C[C@@H]1CN([C@@H](C)CO)C(=O)Cc2cc(NC(=O)C3CC3)ccc2O[C@H]1CN(C)C(=O)Nc1ccc(C(F)(F)F)cc1. The number of ether oxygens (including phenoxy) is 1. The van der Waals surface area contributed by atoms with Crippen LogP contribution < -0.4 is 15.4 Å². The topological polar surface area (TPSA) is 111 Å². The van der Waals surface area contributed by atoms with Gasteiger partial charge < -0.3 is 30.3 Å². The van der Waals surface area contributed by atoms with Crippen molar-refractivity contribution < 1.29 is 37.4 Å². The minimum atomic E-state index is -4.48. The van der Waals surface area contributed by atoms with Crippen molar-refractivity contribution in [2.24, 2.45) is 11.8 Å². The molecule has 1 aliphatic carbocycles. The molecule has 9 nitrogen and oxygen atoms in total. The highest BCUT2D eigenvalue weighted by Crippen LogP contribution is 2.33. The fourth-order valence-corrected chi connectivity index (χ4v) is 4.63. The summed E-state index contributed by atoms with van der Waals surface area (Å²) in [6.07, 6.45) is -3.36. The molecule has 1 fully saturated rings. The second-order valence-corrected chi connectivity index (χ2v) is 10.9. The number of nitrogens with zero attached hydrogens (tertiary/aromatic N) is 2. The summed E-state index contributed by atoms with van der Waals surface area (Å²) in [6.45, 7) is 3.76. The van der Waals surface area contributed by atoms with E-state index in [1.54, 1.807) is 37.1 Å². The van der Waals surface area contributed by atoms with Crippen molar-refractivity contribution in [3.05, 3.63) is 53.6 Å². The van der Waals surface area contributed by atoms with Gasteiger partial charge in [0.05, 0.1) is 31.2 Å². The van der Waals surface area contributed by atoms with Crippen LogP contribution in [0.2, 0.25) is 0 Å². The third-order valence-corrected chi connectivity index (χ3v) is 7.40. The summed E-state index contributed by atoms with van der Waals surface area (Å²) in [6, 6.07) is 8.27. The zero-order chi connectivity index (χ0) is 29.9. The molecule has 222 valence electrons. The highest BCUT2D eigenvalue weighted by atomic mass is 19.4. The molecule has 2 aliphatic rings. The van der Waals surface area contributed by atoms with Crippen LogP contribution in [0, 0.1) is 11.8 Å². The Balaban J connectivity index is 1.53. The molecule has 0 unspecified atom stereocenters. The Morgan fingerprint density at radius 3 is 2.39 bits per heavy atom. The van der Waals surface area contributed by atoms with Crippen molar-refractivity contribution in [1.29, 1.82) is 0 Å². The summed E-state index contributed by atoms with van der Waals surface area (Å²) in [7, 11) is 1.54. The summed E-state index contributed by atoms with van der Waals surface area (Å²) in [5.41, 5.74) is 0.505. The van der Waals surface area contributed by atoms with E-state index in [1.807, 2.05) is 6.92 Å². The van der Waals surface area contributed by atoms with Crippen LogP contribution in [0.25, 0.3) is 0 Å². The lowest BCUT2D eigenvalue weighted by molar-refractivity contribution is -0.137.